The van der Waals surface area contributed by atoms with Gasteiger partial charge < -0.3 is 9.47 Å². The molecule has 6 heteroatoms. The van der Waals surface area contributed by atoms with Crippen molar-refractivity contribution in [3.63, 3.8) is 0 Å². The van der Waals surface area contributed by atoms with Crippen LogP contribution < -0.4 is 9.47 Å². The van der Waals surface area contributed by atoms with Gasteiger partial charge in [0.25, 0.3) is 0 Å². The second-order valence-electron chi connectivity index (χ2n) is 9.95. The Kier molecular flexibility index (Phi) is 19.6. The molecule has 0 amide bonds. The van der Waals surface area contributed by atoms with Gasteiger partial charge in [-0.3, -0.25) is 22.4 Å². The van der Waals surface area contributed by atoms with Gasteiger partial charge in [0, 0.05) is 65.4 Å². The van der Waals surface area contributed by atoms with E-state index in [1.807, 2.05) is 12.8 Å². The summed E-state index contributed by atoms with van der Waals surface area (Å²) in [6.45, 7) is 20.3. The minimum absolute atomic E-state index is 0. The molecule has 2 aromatic carbocycles. The number of carbonyl (C=O) groups excluding carboxylic acids is 2. The number of hydrogen-bond acceptors (Lipinski definition) is 4. The largest absolute Gasteiger partial charge is 0.524 e. The summed E-state index contributed by atoms with van der Waals surface area (Å²) in [4.78, 5) is 23.5. The van der Waals surface area contributed by atoms with Crippen LogP contribution in [-0.4, -0.2) is 24.8 Å². The molecular weight excluding hydrogens is 650 g/mol. The Morgan fingerprint density at radius 2 is 1.05 bits per heavy atom. The van der Waals surface area contributed by atoms with E-state index < -0.39 is 0 Å². The van der Waals surface area contributed by atoms with Gasteiger partial charge in [0.05, 0.1) is 0 Å². The van der Waals surface area contributed by atoms with Gasteiger partial charge in [-0.2, -0.15) is 12.8 Å². The molecule has 0 saturated carbocycles. The standard InChI is InChI=1S/C34H44O4.2Y/c1-9-27-21-29(19-25(7)33(27)37-17-13-11-15-31(35)23(3)4)30-20-26(8)34(28(10-2)22-30)38-18-14-12-16-32(36)24(5)6;;/h13-14,19-22H,3,5,9-12,15-18H2,1-2,4,6-8H3;;/q-2;;. The third-order valence-corrected chi connectivity index (χ3v) is 6.59. The molecule has 0 N–H and O–H groups in total. The number of allylic oxidation sites excluding steroid dienone is 2. The summed E-state index contributed by atoms with van der Waals surface area (Å²) in [7, 11) is 0. The van der Waals surface area contributed by atoms with E-state index in [4.69, 9.17) is 9.47 Å². The molecule has 2 aromatic rings. The summed E-state index contributed by atoms with van der Waals surface area (Å²) < 4.78 is 12.3. The minimum Gasteiger partial charge on any atom is -0.524 e. The molecule has 40 heavy (non-hydrogen) atoms. The van der Waals surface area contributed by atoms with Gasteiger partial charge in [-0.05, 0) is 135 Å². The minimum atomic E-state index is 0. The van der Waals surface area contributed by atoms with E-state index in [1.165, 1.54) is 11.1 Å². The SMILES string of the molecule is C=C(C)C(=O)CC[CH-]COc1c(C)cc(-c2cc(C)c(OC[CH-]CCC(=O)C(=C)C)c(CC)c2)cc1CC.[Y].[Y]. The first-order chi connectivity index (χ1) is 18.1. The Labute approximate surface area is 292 Å². The summed E-state index contributed by atoms with van der Waals surface area (Å²) in [5, 5.41) is 0. The van der Waals surface area contributed by atoms with Crippen LogP contribution in [0.4, 0.5) is 0 Å². The van der Waals surface area contributed by atoms with Crippen molar-refractivity contribution in [2.24, 2.45) is 0 Å². The molecule has 0 aromatic heterocycles. The summed E-state index contributed by atoms with van der Waals surface area (Å²) in [6, 6.07) is 8.79. The third kappa shape index (κ3) is 12.1. The average Bonchev–Trinajstić information content (AvgIpc) is 2.88. The molecule has 0 atom stereocenters. The van der Waals surface area contributed by atoms with E-state index in [2.05, 4.69) is 65.1 Å². The summed E-state index contributed by atoms with van der Waals surface area (Å²) in [6.07, 6.45) is 8.07. The summed E-state index contributed by atoms with van der Waals surface area (Å²) in [5.41, 5.74) is 8.06. The topological polar surface area (TPSA) is 52.6 Å². The zero-order chi connectivity index (χ0) is 28.2. The molecule has 0 aliphatic rings. The molecule has 0 unspecified atom stereocenters. The maximum absolute atomic E-state index is 11.7. The number of unbranched alkanes of at least 4 members (excludes halogenated alkanes) is 2. The van der Waals surface area contributed by atoms with E-state index in [9.17, 15) is 9.59 Å². The normalized spacial score (nSPS) is 10.2. The van der Waals surface area contributed by atoms with E-state index in [0.29, 0.717) is 50.0 Å². The van der Waals surface area contributed by atoms with Crippen LogP contribution in [0.15, 0.2) is 48.6 Å². The van der Waals surface area contributed by atoms with Gasteiger partial charge in [-0.25, -0.2) is 0 Å². The van der Waals surface area contributed by atoms with Crippen LogP contribution in [0.3, 0.4) is 0 Å². The van der Waals surface area contributed by atoms with Crippen molar-refractivity contribution in [1.29, 1.82) is 0 Å². The zero-order valence-corrected chi connectivity index (χ0v) is 31.0. The number of ether oxygens (including phenoxy) is 2. The number of hydrogen-bond donors (Lipinski definition) is 0. The smallest absolute Gasteiger partial charge is 0.155 e. The van der Waals surface area contributed by atoms with Crippen molar-refractivity contribution in [3.8, 4) is 22.6 Å². The van der Waals surface area contributed by atoms with Gasteiger partial charge in [-0.1, -0.05) is 27.0 Å². The number of rotatable bonds is 17. The number of benzene rings is 2. The molecule has 0 spiro atoms. The molecule has 0 fully saturated rings. The van der Waals surface area contributed by atoms with Crippen LogP contribution in [0.25, 0.3) is 11.1 Å². The monoisotopic (exact) mass is 694 g/mol. The van der Waals surface area contributed by atoms with Gasteiger partial charge in [0.15, 0.2) is 11.6 Å². The van der Waals surface area contributed by atoms with Gasteiger partial charge in [0.1, 0.15) is 11.5 Å². The van der Waals surface area contributed by atoms with Crippen LogP contribution in [0.5, 0.6) is 11.5 Å². The van der Waals surface area contributed by atoms with E-state index in [1.54, 1.807) is 13.8 Å². The van der Waals surface area contributed by atoms with E-state index in [-0.39, 0.29) is 77.0 Å². The predicted octanol–water partition coefficient (Wildman–Crippen LogP) is 8.11. The maximum atomic E-state index is 11.7. The van der Waals surface area contributed by atoms with Gasteiger partial charge >= 0.3 is 0 Å². The molecule has 0 aliphatic carbocycles. The Bertz CT molecular complexity index is 1080. The fraction of sp³-hybridized carbons (Fsp3) is 0.412. The van der Waals surface area contributed by atoms with Crippen molar-refractivity contribution in [1.82, 2.24) is 0 Å². The van der Waals surface area contributed by atoms with Crippen molar-refractivity contribution in [2.45, 2.75) is 80.1 Å². The second-order valence-corrected chi connectivity index (χ2v) is 9.95. The van der Waals surface area contributed by atoms with Crippen LogP contribution in [0, 0.1) is 26.7 Å². The number of aryl methyl sites for hydroxylation is 4. The molecule has 0 saturated heterocycles. The fourth-order valence-electron chi connectivity index (χ4n) is 4.31. The predicted molar refractivity (Wildman–Crippen MR) is 158 cm³/mol. The first-order valence-electron chi connectivity index (χ1n) is 13.6. The third-order valence-electron chi connectivity index (χ3n) is 6.59. The van der Waals surface area contributed by atoms with Crippen LogP contribution in [0.1, 0.15) is 75.6 Å². The molecule has 2 rings (SSSR count). The molecule has 0 heterocycles. The first kappa shape index (κ1) is 39.1. The first-order valence-corrected chi connectivity index (χ1v) is 13.6. The quantitative estimate of drug-likeness (QED) is 0.0955. The van der Waals surface area contributed by atoms with Gasteiger partial charge in [-0.15, -0.1) is 0 Å². The molecular formula is C34H44O4Y2-2. The molecule has 4 nitrogen and oxygen atoms in total. The number of carbonyl (C=O) groups is 2. The Hall–Kier alpha value is -0.932. The molecule has 2 radical (unpaired) electrons. The molecule has 0 aliphatic heterocycles. The van der Waals surface area contributed by atoms with Crippen LogP contribution >= 0.6 is 0 Å². The van der Waals surface area contributed by atoms with Crippen molar-refractivity contribution >= 4 is 11.6 Å². The summed E-state index contributed by atoms with van der Waals surface area (Å²) in [5.74, 6) is 2.04. The maximum Gasteiger partial charge on any atom is 0.155 e. The van der Waals surface area contributed by atoms with E-state index in [0.717, 1.165) is 46.6 Å². The molecule has 212 valence electrons. The Morgan fingerprint density at radius 3 is 1.35 bits per heavy atom. The van der Waals surface area contributed by atoms with Crippen LogP contribution in [-0.2, 0) is 87.8 Å². The van der Waals surface area contributed by atoms with Crippen molar-refractivity contribution in [2.75, 3.05) is 13.2 Å². The van der Waals surface area contributed by atoms with Gasteiger partial charge in [0.2, 0.25) is 0 Å². The average molecular weight is 695 g/mol. The Morgan fingerprint density at radius 1 is 0.700 bits per heavy atom. The zero-order valence-electron chi connectivity index (χ0n) is 25.3. The van der Waals surface area contributed by atoms with E-state index >= 15 is 0 Å². The fourth-order valence-corrected chi connectivity index (χ4v) is 4.31. The van der Waals surface area contributed by atoms with Crippen molar-refractivity contribution in [3.05, 3.63) is 83.7 Å². The van der Waals surface area contributed by atoms with Crippen molar-refractivity contribution < 1.29 is 84.5 Å². The van der Waals surface area contributed by atoms with Crippen LogP contribution in [0.2, 0.25) is 0 Å². The number of ketones is 2. The Balaban J connectivity index is 0.00000760. The second kappa shape index (κ2) is 20.1. The molecule has 0 bridgehead atoms. The number of Topliss-reactive ketones (excluding diaryl/α,β-unsaturated/α-hetero) is 2. The summed E-state index contributed by atoms with van der Waals surface area (Å²) >= 11 is 0.